The number of hydrogen-bond donors (Lipinski definition) is 1. The van der Waals surface area contributed by atoms with E-state index in [2.05, 4.69) is 5.32 Å². The van der Waals surface area contributed by atoms with Crippen LogP contribution in [0.2, 0.25) is 0 Å². The molecule has 0 fully saturated rings. The van der Waals surface area contributed by atoms with Gasteiger partial charge in [-0.3, -0.25) is 9.59 Å². The highest BCUT2D eigenvalue weighted by Crippen LogP contribution is 2.28. The maximum atomic E-state index is 13.6. The molecule has 0 spiro atoms. The van der Waals surface area contributed by atoms with E-state index in [-0.39, 0.29) is 12.1 Å². The van der Waals surface area contributed by atoms with Crippen molar-refractivity contribution in [3.05, 3.63) is 53.6 Å². The number of benzene rings is 2. The highest BCUT2D eigenvalue weighted by molar-refractivity contribution is 5.95. The van der Waals surface area contributed by atoms with Crippen LogP contribution in [0.25, 0.3) is 0 Å². The number of methoxy groups -OCH3 is 2. The summed E-state index contributed by atoms with van der Waals surface area (Å²) in [5, 5.41) is 2.20. The Kier molecular flexibility index (Phi) is 7.31. The zero-order valence-corrected chi connectivity index (χ0v) is 15.8. The maximum absolute atomic E-state index is 13.6. The largest absolute Gasteiger partial charge is 0.493 e. The number of carbonyl (C=O) groups excluding carboxylic acids is 2. The molecular weight excluding hydrogens is 372 g/mol. The second-order valence-electron chi connectivity index (χ2n) is 5.93. The summed E-state index contributed by atoms with van der Waals surface area (Å²) in [5.74, 6) is -1.74. The molecule has 6 nitrogen and oxygen atoms in total. The lowest BCUT2D eigenvalue weighted by Crippen LogP contribution is -2.30. The number of amides is 1. The first-order valence-electron chi connectivity index (χ1n) is 8.50. The topological polar surface area (TPSA) is 73.9 Å². The molecule has 0 saturated heterocycles. The lowest BCUT2D eigenvalue weighted by Gasteiger charge is -2.14. The van der Waals surface area contributed by atoms with Crippen molar-refractivity contribution in [1.82, 2.24) is 0 Å². The Labute approximate surface area is 161 Å². The van der Waals surface area contributed by atoms with Gasteiger partial charge in [-0.1, -0.05) is 6.07 Å². The SMILES string of the molecule is COc1ccc(CCC(=O)O[C@@H](C)C(=O)Nc2cc(F)ccc2F)cc1OC. The molecule has 0 aromatic heterocycles. The van der Waals surface area contributed by atoms with Crippen LogP contribution in [-0.4, -0.2) is 32.2 Å². The van der Waals surface area contributed by atoms with Crippen LogP contribution in [0.4, 0.5) is 14.5 Å². The summed E-state index contributed by atoms with van der Waals surface area (Å²) < 4.78 is 42.1. The van der Waals surface area contributed by atoms with Gasteiger partial charge in [-0.2, -0.15) is 0 Å². The van der Waals surface area contributed by atoms with Crippen LogP contribution in [0, 0.1) is 11.6 Å². The minimum Gasteiger partial charge on any atom is -0.493 e. The van der Waals surface area contributed by atoms with Gasteiger partial charge in [-0.05, 0) is 43.2 Å². The van der Waals surface area contributed by atoms with Crippen LogP contribution in [0.1, 0.15) is 18.9 Å². The van der Waals surface area contributed by atoms with Gasteiger partial charge in [-0.15, -0.1) is 0 Å². The standard InChI is InChI=1S/C20H21F2NO5/c1-12(20(25)23-16-11-14(21)6-7-15(16)22)28-19(24)9-5-13-4-8-17(26-2)18(10-13)27-3/h4,6-8,10-12H,5,9H2,1-3H3,(H,23,25)/t12-/m0/s1. The third-order valence-electron chi connectivity index (χ3n) is 3.93. The maximum Gasteiger partial charge on any atom is 0.306 e. The van der Waals surface area contributed by atoms with Crippen molar-refractivity contribution in [2.75, 3.05) is 19.5 Å². The zero-order chi connectivity index (χ0) is 20.7. The fourth-order valence-electron chi connectivity index (χ4n) is 2.42. The molecule has 150 valence electrons. The third-order valence-corrected chi connectivity index (χ3v) is 3.93. The second kappa shape index (κ2) is 9.68. The summed E-state index contributed by atoms with van der Waals surface area (Å²) in [6.07, 6.45) is -0.770. The number of aryl methyl sites for hydroxylation is 1. The van der Waals surface area contributed by atoms with Gasteiger partial charge < -0.3 is 19.5 Å². The first kappa shape index (κ1) is 21.1. The molecule has 1 atom stereocenters. The smallest absolute Gasteiger partial charge is 0.306 e. The van der Waals surface area contributed by atoms with Gasteiger partial charge in [0.15, 0.2) is 17.6 Å². The van der Waals surface area contributed by atoms with Crippen molar-refractivity contribution < 1.29 is 32.6 Å². The van der Waals surface area contributed by atoms with Crippen molar-refractivity contribution in [3.63, 3.8) is 0 Å². The Morgan fingerprint density at radius 1 is 1.04 bits per heavy atom. The molecule has 8 heteroatoms. The van der Waals surface area contributed by atoms with Crippen LogP contribution >= 0.6 is 0 Å². The van der Waals surface area contributed by atoms with Crippen LogP contribution in [0.5, 0.6) is 11.5 Å². The molecule has 0 aliphatic carbocycles. The first-order chi connectivity index (χ1) is 13.3. The minimum absolute atomic E-state index is 0.0292. The summed E-state index contributed by atoms with van der Waals surface area (Å²) >= 11 is 0. The normalized spacial score (nSPS) is 11.5. The van der Waals surface area contributed by atoms with E-state index in [9.17, 15) is 18.4 Å². The molecular formula is C20H21F2NO5. The van der Waals surface area contributed by atoms with Crippen LogP contribution < -0.4 is 14.8 Å². The molecule has 1 amide bonds. The van der Waals surface area contributed by atoms with E-state index in [1.54, 1.807) is 18.2 Å². The number of esters is 1. The van der Waals surface area contributed by atoms with Crippen molar-refractivity contribution in [2.45, 2.75) is 25.9 Å². The van der Waals surface area contributed by atoms with E-state index in [0.29, 0.717) is 17.9 Å². The van der Waals surface area contributed by atoms with E-state index in [0.717, 1.165) is 23.8 Å². The number of halogens is 2. The Balaban J connectivity index is 1.88. The van der Waals surface area contributed by atoms with Gasteiger partial charge in [0.2, 0.25) is 0 Å². The van der Waals surface area contributed by atoms with Gasteiger partial charge in [-0.25, -0.2) is 8.78 Å². The van der Waals surface area contributed by atoms with Crippen molar-refractivity contribution in [3.8, 4) is 11.5 Å². The molecule has 0 unspecified atom stereocenters. The first-order valence-corrected chi connectivity index (χ1v) is 8.50. The molecule has 28 heavy (non-hydrogen) atoms. The number of rotatable bonds is 8. The lowest BCUT2D eigenvalue weighted by atomic mass is 10.1. The molecule has 2 aromatic carbocycles. The van der Waals surface area contributed by atoms with E-state index in [1.165, 1.54) is 21.1 Å². The highest BCUT2D eigenvalue weighted by atomic mass is 19.1. The zero-order valence-electron chi connectivity index (χ0n) is 15.8. The molecule has 0 heterocycles. The quantitative estimate of drug-likeness (QED) is 0.695. The molecule has 0 radical (unpaired) electrons. The average molecular weight is 393 g/mol. The van der Waals surface area contributed by atoms with Crippen LogP contribution in [-0.2, 0) is 20.7 Å². The number of anilines is 1. The Bertz CT molecular complexity index is 856. The minimum atomic E-state index is -1.17. The van der Waals surface area contributed by atoms with E-state index in [1.807, 2.05) is 0 Å². The van der Waals surface area contributed by atoms with Crippen molar-refractivity contribution >= 4 is 17.6 Å². The summed E-state index contributed by atoms with van der Waals surface area (Å²) in [6.45, 7) is 1.35. The predicted molar refractivity (Wildman–Crippen MR) is 98.4 cm³/mol. The summed E-state index contributed by atoms with van der Waals surface area (Å²) in [5.41, 5.74) is 0.506. The van der Waals surface area contributed by atoms with Crippen molar-refractivity contribution in [2.24, 2.45) is 0 Å². The molecule has 0 bridgehead atoms. The lowest BCUT2D eigenvalue weighted by molar-refractivity contribution is -0.153. The fraction of sp³-hybridized carbons (Fsp3) is 0.300. The fourth-order valence-corrected chi connectivity index (χ4v) is 2.42. The highest BCUT2D eigenvalue weighted by Gasteiger charge is 2.19. The summed E-state index contributed by atoms with van der Waals surface area (Å²) in [6, 6.07) is 7.93. The molecule has 0 aliphatic heterocycles. The molecule has 0 saturated carbocycles. The number of nitrogens with one attached hydrogen (secondary N) is 1. The van der Waals surface area contributed by atoms with Crippen molar-refractivity contribution in [1.29, 1.82) is 0 Å². The molecule has 2 rings (SSSR count). The Morgan fingerprint density at radius 3 is 2.43 bits per heavy atom. The molecule has 2 aromatic rings. The third kappa shape index (κ3) is 5.67. The van der Waals surface area contributed by atoms with E-state index >= 15 is 0 Å². The van der Waals surface area contributed by atoms with Gasteiger partial charge in [0.1, 0.15) is 11.6 Å². The summed E-state index contributed by atoms with van der Waals surface area (Å²) in [4.78, 5) is 24.0. The van der Waals surface area contributed by atoms with Gasteiger partial charge in [0.25, 0.3) is 5.91 Å². The molecule has 0 aliphatic rings. The van der Waals surface area contributed by atoms with Crippen LogP contribution in [0.15, 0.2) is 36.4 Å². The van der Waals surface area contributed by atoms with E-state index < -0.39 is 29.6 Å². The monoisotopic (exact) mass is 393 g/mol. The Morgan fingerprint density at radius 2 is 1.75 bits per heavy atom. The van der Waals surface area contributed by atoms with Gasteiger partial charge >= 0.3 is 5.97 Å². The molecule has 1 N–H and O–H groups in total. The second-order valence-corrected chi connectivity index (χ2v) is 5.93. The number of hydrogen-bond acceptors (Lipinski definition) is 5. The van der Waals surface area contributed by atoms with E-state index in [4.69, 9.17) is 14.2 Å². The Hall–Kier alpha value is -3.16. The predicted octanol–water partition coefficient (Wildman–Crippen LogP) is 3.49. The summed E-state index contributed by atoms with van der Waals surface area (Å²) in [7, 11) is 3.04. The average Bonchev–Trinajstić information content (AvgIpc) is 2.68. The van der Waals surface area contributed by atoms with Gasteiger partial charge in [0.05, 0.1) is 19.9 Å². The number of ether oxygens (including phenoxy) is 3. The number of carbonyl (C=O) groups is 2. The van der Waals surface area contributed by atoms with Gasteiger partial charge in [0, 0.05) is 12.5 Å². The van der Waals surface area contributed by atoms with Crippen LogP contribution in [0.3, 0.4) is 0 Å².